The number of aryl methyl sites for hydroxylation is 1. The summed E-state index contributed by atoms with van der Waals surface area (Å²) in [5.74, 6) is 0.541. The average molecular weight is 499 g/mol. The molecule has 0 radical (unpaired) electrons. The quantitative estimate of drug-likeness (QED) is 0.379. The second kappa shape index (κ2) is 11.1. The van der Waals surface area contributed by atoms with E-state index in [9.17, 15) is 4.79 Å². The number of aromatic nitrogens is 4. The Labute approximate surface area is 217 Å². The number of nitrogens with one attached hydrogen (secondary N) is 2. The minimum absolute atomic E-state index is 0.0364. The molecule has 0 bridgehead atoms. The van der Waals surface area contributed by atoms with Crippen LogP contribution in [0.25, 0.3) is 11.2 Å². The van der Waals surface area contributed by atoms with E-state index in [4.69, 9.17) is 0 Å². The number of rotatable bonds is 8. The minimum atomic E-state index is -0.119. The van der Waals surface area contributed by atoms with Crippen LogP contribution in [0.2, 0.25) is 0 Å². The van der Waals surface area contributed by atoms with Crippen molar-refractivity contribution in [2.45, 2.75) is 33.0 Å². The molecule has 2 aromatic heterocycles. The number of anilines is 2. The van der Waals surface area contributed by atoms with Gasteiger partial charge >= 0.3 is 0 Å². The molecule has 1 saturated heterocycles. The highest BCUT2D eigenvalue weighted by Crippen LogP contribution is 2.22. The lowest BCUT2D eigenvalue weighted by molar-refractivity contribution is 0.102. The van der Waals surface area contributed by atoms with Crippen molar-refractivity contribution >= 4 is 28.6 Å². The van der Waals surface area contributed by atoms with Crippen molar-refractivity contribution in [1.29, 1.82) is 0 Å². The van der Waals surface area contributed by atoms with Crippen LogP contribution >= 0.6 is 0 Å². The van der Waals surface area contributed by atoms with Gasteiger partial charge in [-0.3, -0.25) is 14.4 Å². The summed E-state index contributed by atoms with van der Waals surface area (Å²) in [5.41, 5.74) is 5.05. The maximum atomic E-state index is 12.9. The lowest BCUT2D eigenvalue weighted by Gasteiger charge is -2.32. The van der Waals surface area contributed by atoms with Gasteiger partial charge in [0.1, 0.15) is 11.3 Å². The first-order valence-corrected chi connectivity index (χ1v) is 12.8. The molecular formula is C28H34N8O. The Morgan fingerprint density at radius 2 is 1.86 bits per heavy atom. The number of likely N-dealkylation sites (N-methyl/N-ethyl adjacent to an activating group) is 1. The molecule has 0 saturated carbocycles. The highest BCUT2D eigenvalue weighted by atomic mass is 16.1. The van der Waals surface area contributed by atoms with Gasteiger partial charge in [0.05, 0.1) is 18.4 Å². The Morgan fingerprint density at radius 3 is 2.62 bits per heavy atom. The van der Waals surface area contributed by atoms with Crippen LogP contribution in [0.5, 0.6) is 0 Å². The second-order valence-corrected chi connectivity index (χ2v) is 9.67. The Kier molecular flexibility index (Phi) is 7.43. The topological polar surface area (TPSA) is 91.2 Å². The van der Waals surface area contributed by atoms with Gasteiger partial charge in [-0.25, -0.2) is 9.97 Å². The lowest BCUT2D eigenvalue weighted by Crippen LogP contribution is -2.43. The number of fused-ring (bicyclic) bond motifs is 1. The number of hydrogen-bond acceptors (Lipinski definition) is 7. The van der Waals surface area contributed by atoms with E-state index in [1.54, 1.807) is 6.20 Å². The summed E-state index contributed by atoms with van der Waals surface area (Å²) in [7, 11) is 2.16. The van der Waals surface area contributed by atoms with Gasteiger partial charge < -0.3 is 15.5 Å². The average Bonchev–Trinajstić information content (AvgIpc) is 3.33. The summed E-state index contributed by atoms with van der Waals surface area (Å²) in [6.45, 7) is 10.1. The number of piperazine rings is 1. The van der Waals surface area contributed by atoms with E-state index in [2.05, 4.69) is 61.6 Å². The predicted octanol–water partition coefficient (Wildman–Crippen LogP) is 4.02. The van der Waals surface area contributed by atoms with Crippen molar-refractivity contribution in [3.05, 3.63) is 77.6 Å². The summed E-state index contributed by atoms with van der Waals surface area (Å²) in [4.78, 5) is 26.8. The first-order valence-electron chi connectivity index (χ1n) is 12.8. The van der Waals surface area contributed by atoms with Gasteiger partial charge in [0, 0.05) is 50.5 Å². The van der Waals surface area contributed by atoms with Crippen molar-refractivity contribution in [3.8, 4) is 0 Å². The van der Waals surface area contributed by atoms with Gasteiger partial charge in [0.25, 0.3) is 5.91 Å². The third-order valence-electron chi connectivity index (χ3n) is 6.83. The van der Waals surface area contributed by atoms with Crippen molar-refractivity contribution in [1.82, 2.24) is 29.5 Å². The molecule has 0 spiro atoms. The maximum absolute atomic E-state index is 12.9. The molecule has 5 rings (SSSR count). The molecule has 1 amide bonds. The molecule has 1 aliphatic rings. The molecule has 1 aliphatic heterocycles. The van der Waals surface area contributed by atoms with Crippen LogP contribution in [-0.2, 0) is 13.1 Å². The smallest absolute Gasteiger partial charge is 0.255 e. The molecule has 0 aliphatic carbocycles. The summed E-state index contributed by atoms with van der Waals surface area (Å²) < 4.78 is 1.82. The molecular weight excluding hydrogens is 464 g/mol. The zero-order chi connectivity index (χ0) is 25.8. The number of benzene rings is 2. The molecule has 37 heavy (non-hydrogen) atoms. The van der Waals surface area contributed by atoms with E-state index < -0.39 is 0 Å². The van der Waals surface area contributed by atoms with Crippen molar-refractivity contribution in [3.63, 3.8) is 0 Å². The fraction of sp³-hybridized carbons (Fsp3) is 0.357. The second-order valence-electron chi connectivity index (χ2n) is 9.67. The fourth-order valence-electron chi connectivity index (χ4n) is 4.50. The Morgan fingerprint density at radius 1 is 1.08 bits per heavy atom. The molecule has 192 valence electrons. The summed E-state index contributed by atoms with van der Waals surface area (Å²) in [6.07, 6.45) is 3.61. The molecule has 0 unspecified atom stereocenters. The summed E-state index contributed by atoms with van der Waals surface area (Å²) >= 11 is 0. The standard InChI is InChI=1S/C28H34N8O/c1-4-36-19-25-27(33-36)32-26(17-29-25)30-20(2)23-6-5-7-24(16-23)31-28(37)22-10-8-21(9-11-22)18-35-14-12-34(3)13-15-35/h5-11,16-17,19-20H,4,12-15,18H2,1-3H3,(H,31,37)(H,30,32,33)/t20-/m0/s1. The molecule has 2 aromatic carbocycles. The summed E-state index contributed by atoms with van der Waals surface area (Å²) in [6, 6.07) is 15.7. The largest absolute Gasteiger partial charge is 0.362 e. The van der Waals surface area contributed by atoms with E-state index in [-0.39, 0.29) is 11.9 Å². The number of nitrogens with zero attached hydrogens (tertiary/aromatic N) is 6. The van der Waals surface area contributed by atoms with Crippen LogP contribution in [0.15, 0.2) is 60.9 Å². The monoisotopic (exact) mass is 498 g/mol. The van der Waals surface area contributed by atoms with Crippen molar-refractivity contribution in [2.75, 3.05) is 43.9 Å². The first-order chi connectivity index (χ1) is 18.0. The van der Waals surface area contributed by atoms with Gasteiger partial charge in [-0.2, -0.15) is 5.10 Å². The zero-order valence-corrected chi connectivity index (χ0v) is 21.7. The highest BCUT2D eigenvalue weighted by molar-refractivity contribution is 6.04. The van der Waals surface area contributed by atoms with Gasteiger partial charge in [-0.05, 0) is 56.3 Å². The number of amides is 1. The molecule has 3 heterocycles. The molecule has 9 nitrogen and oxygen atoms in total. The Balaban J connectivity index is 1.19. The third kappa shape index (κ3) is 6.12. The van der Waals surface area contributed by atoms with E-state index in [1.165, 1.54) is 5.56 Å². The van der Waals surface area contributed by atoms with Gasteiger partial charge in [-0.15, -0.1) is 0 Å². The van der Waals surface area contributed by atoms with E-state index >= 15 is 0 Å². The molecule has 9 heteroatoms. The highest BCUT2D eigenvalue weighted by Gasteiger charge is 2.15. The third-order valence-corrected chi connectivity index (χ3v) is 6.83. The lowest BCUT2D eigenvalue weighted by atomic mass is 10.1. The molecule has 1 atom stereocenters. The Bertz CT molecular complexity index is 1360. The van der Waals surface area contributed by atoms with E-state index in [0.29, 0.717) is 17.0 Å². The van der Waals surface area contributed by atoms with Crippen LogP contribution in [0.1, 0.15) is 41.4 Å². The normalized spacial score (nSPS) is 15.5. The molecule has 2 N–H and O–H groups in total. The summed E-state index contributed by atoms with van der Waals surface area (Å²) in [5, 5.41) is 10.9. The zero-order valence-electron chi connectivity index (χ0n) is 21.7. The van der Waals surface area contributed by atoms with Gasteiger partial charge in [0.2, 0.25) is 5.65 Å². The van der Waals surface area contributed by atoms with Crippen LogP contribution in [0, 0.1) is 0 Å². The van der Waals surface area contributed by atoms with E-state index in [1.807, 2.05) is 54.2 Å². The molecule has 1 fully saturated rings. The predicted molar refractivity (Wildman–Crippen MR) is 147 cm³/mol. The van der Waals surface area contributed by atoms with Crippen LogP contribution in [0.3, 0.4) is 0 Å². The Hall–Kier alpha value is -3.82. The molecule has 4 aromatic rings. The van der Waals surface area contributed by atoms with Crippen LogP contribution < -0.4 is 10.6 Å². The van der Waals surface area contributed by atoms with Gasteiger partial charge in [-0.1, -0.05) is 24.3 Å². The van der Waals surface area contributed by atoms with Crippen LogP contribution in [0.4, 0.5) is 11.5 Å². The maximum Gasteiger partial charge on any atom is 0.255 e. The minimum Gasteiger partial charge on any atom is -0.362 e. The first kappa shape index (κ1) is 24.9. The fourth-order valence-corrected chi connectivity index (χ4v) is 4.50. The van der Waals surface area contributed by atoms with Crippen molar-refractivity contribution in [2.24, 2.45) is 0 Å². The number of hydrogen-bond donors (Lipinski definition) is 2. The number of carbonyl (C=O) groups excluding carboxylic acids is 1. The van der Waals surface area contributed by atoms with Crippen molar-refractivity contribution < 1.29 is 4.79 Å². The van der Waals surface area contributed by atoms with Crippen LogP contribution in [-0.4, -0.2) is 68.7 Å². The number of carbonyl (C=O) groups is 1. The SMILES string of the molecule is CCn1cc2ncc(N[C@@H](C)c3cccc(NC(=O)c4ccc(CN5CCN(C)CC5)cc4)c3)nc2n1. The van der Waals surface area contributed by atoms with E-state index in [0.717, 1.165) is 56.0 Å². The van der Waals surface area contributed by atoms with Gasteiger partial charge in [0.15, 0.2) is 0 Å².